The van der Waals surface area contributed by atoms with Gasteiger partial charge in [-0.1, -0.05) is 55.1 Å². The highest BCUT2D eigenvalue weighted by atomic mass is 16.5. The number of esters is 1. The van der Waals surface area contributed by atoms with Crippen LogP contribution in [0.15, 0.2) is 66.7 Å². The summed E-state index contributed by atoms with van der Waals surface area (Å²) in [7, 11) is 0. The molecule has 2 rings (SSSR count). The van der Waals surface area contributed by atoms with Crippen molar-refractivity contribution >= 4 is 11.8 Å². The predicted molar refractivity (Wildman–Crippen MR) is 80.9 cm³/mol. The molecule has 0 bridgehead atoms. The van der Waals surface area contributed by atoms with E-state index in [1.54, 1.807) is 37.3 Å². The number of hydrogen-bond acceptors (Lipinski definition) is 3. The normalized spacial score (nSPS) is 9.95. The van der Waals surface area contributed by atoms with Crippen LogP contribution in [0.4, 0.5) is 0 Å². The van der Waals surface area contributed by atoms with Crippen molar-refractivity contribution in [1.29, 1.82) is 0 Å². The van der Waals surface area contributed by atoms with Gasteiger partial charge in [-0.05, 0) is 18.6 Å². The standard InChI is InChI=1S/C18H16O3/c1-13(2)18(20)21-12-14-7-6-10-16(11-14)17(19)15-8-4-3-5-9-15/h3-11H,1,12H2,2H3. The zero-order chi connectivity index (χ0) is 15.2. The van der Waals surface area contributed by atoms with Gasteiger partial charge in [0.1, 0.15) is 6.61 Å². The third-order valence-corrected chi connectivity index (χ3v) is 2.94. The first-order valence-corrected chi connectivity index (χ1v) is 6.59. The highest BCUT2D eigenvalue weighted by Crippen LogP contribution is 2.13. The quantitative estimate of drug-likeness (QED) is 0.478. The zero-order valence-electron chi connectivity index (χ0n) is 11.8. The van der Waals surface area contributed by atoms with Crippen LogP contribution < -0.4 is 0 Å². The van der Waals surface area contributed by atoms with E-state index in [1.165, 1.54) is 0 Å². The third-order valence-electron chi connectivity index (χ3n) is 2.94. The van der Waals surface area contributed by atoms with Crippen LogP contribution in [0.3, 0.4) is 0 Å². The minimum Gasteiger partial charge on any atom is -0.457 e. The first-order chi connectivity index (χ1) is 10.1. The molecule has 0 aliphatic heterocycles. The van der Waals surface area contributed by atoms with Crippen molar-refractivity contribution in [3.8, 4) is 0 Å². The molecule has 21 heavy (non-hydrogen) atoms. The number of carbonyl (C=O) groups excluding carboxylic acids is 2. The first-order valence-electron chi connectivity index (χ1n) is 6.59. The number of carbonyl (C=O) groups is 2. The van der Waals surface area contributed by atoms with Gasteiger partial charge in [0.2, 0.25) is 0 Å². The monoisotopic (exact) mass is 280 g/mol. The summed E-state index contributed by atoms with van der Waals surface area (Å²) in [6.07, 6.45) is 0. The number of hydrogen-bond donors (Lipinski definition) is 0. The summed E-state index contributed by atoms with van der Waals surface area (Å²) in [5.74, 6) is -0.488. The summed E-state index contributed by atoms with van der Waals surface area (Å²) in [6.45, 7) is 5.25. The van der Waals surface area contributed by atoms with Crippen LogP contribution in [0, 0.1) is 0 Å². The van der Waals surface area contributed by atoms with Crippen molar-refractivity contribution < 1.29 is 14.3 Å². The molecule has 106 valence electrons. The Bertz CT molecular complexity index is 672. The molecule has 0 unspecified atom stereocenters. The molecule has 3 nitrogen and oxygen atoms in total. The van der Waals surface area contributed by atoms with E-state index in [-0.39, 0.29) is 12.4 Å². The largest absolute Gasteiger partial charge is 0.457 e. The molecule has 0 aliphatic rings. The van der Waals surface area contributed by atoms with Gasteiger partial charge in [-0.2, -0.15) is 0 Å². The molecule has 2 aromatic carbocycles. The van der Waals surface area contributed by atoms with Crippen molar-refractivity contribution in [3.05, 3.63) is 83.4 Å². The van der Waals surface area contributed by atoms with Gasteiger partial charge >= 0.3 is 5.97 Å². The summed E-state index contributed by atoms with van der Waals surface area (Å²) in [6, 6.07) is 16.1. The Kier molecular flexibility index (Phi) is 4.67. The second kappa shape index (κ2) is 6.66. The van der Waals surface area contributed by atoms with Crippen LogP contribution >= 0.6 is 0 Å². The lowest BCUT2D eigenvalue weighted by atomic mass is 10.0. The first kappa shape index (κ1) is 14.7. The van der Waals surface area contributed by atoms with Crippen molar-refractivity contribution in [1.82, 2.24) is 0 Å². The Labute approximate surface area is 123 Å². The summed E-state index contributed by atoms with van der Waals surface area (Å²) < 4.78 is 5.08. The molecule has 0 radical (unpaired) electrons. The molecule has 0 N–H and O–H groups in total. The highest BCUT2D eigenvalue weighted by Gasteiger charge is 2.10. The predicted octanol–water partition coefficient (Wildman–Crippen LogP) is 3.54. The van der Waals surface area contributed by atoms with Gasteiger partial charge in [0.05, 0.1) is 0 Å². The van der Waals surface area contributed by atoms with E-state index in [1.807, 2.05) is 24.3 Å². The minimum atomic E-state index is -0.435. The van der Waals surface area contributed by atoms with E-state index < -0.39 is 5.97 Å². The van der Waals surface area contributed by atoms with Crippen molar-refractivity contribution in [3.63, 3.8) is 0 Å². The molecule has 0 saturated heterocycles. The van der Waals surface area contributed by atoms with E-state index in [9.17, 15) is 9.59 Å². The third kappa shape index (κ3) is 3.89. The van der Waals surface area contributed by atoms with Gasteiger partial charge in [-0.15, -0.1) is 0 Å². The van der Waals surface area contributed by atoms with Crippen LogP contribution in [0.1, 0.15) is 28.4 Å². The average Bonchev–Trinajstić information content (AvgIpc) is 2.53. The van der Waals surface area contributed by atoms with Gasteiger partial charge in [-0.25, -0.2) is 4.79 Å². The molecule has 0 amide bonds. The lowest BCUT2D eigenvalue weighted by Crippen LogP contribution is -2.06. The summed E-state index contributed by atoms with van der Waals surface area (Å²) in [5, 5.41) is 0. The maximum absolute atomic E-state index is 12.3. The van der Waals surface area contributed by atoms with Crippen molar-refractivity contribution in [2.24, 2.45) is 0 Å². The van der Waals surface area contributed by atoms with Crippen molar-refractivity contribution in [2.45, 2.75) is 13.5 Å². The maximum Gasteiger partial charge on any atom is 0.333 e. The second-order valence-electron chi connectivity index (χ2n) is 4.75. The summed E-state index contributed by atoms with van der Waals surface area (Å²) >= 11 is 0. The van der Waals surface area contributed by atoms with Crippen LogP contribution in [0.25, 0.3) is 0 Å². The molecule has 0 fully saturated rings. The topological polar surface area (TPSA) is 43.4 Å². The Morgan fingerprint density at radius 2 is 1.67 bits per heavy atom. The lowest BCUT2D eigenvalue weighted by Gasteiger charge is -2.06. The lowest BCUT2D eigenvalue weighted by molar-refractivity contribution is -0.140. The van der Waals surface area contributed by atoms with Gasteiger partial charge in [0.15, 0.2) is 5.78 Å². The van der Waals surface area contributed by atoms with E-state index in [4.69, 9.17) is 4.74 Å². The molecule has 3 heteroatoms. The fourth-order valence-electron chi connectivity index (χ4n) is 1.83. The zero-order valence-corrected chi connectivity index (χ0v) is 11.8. The molecular weight excluding hydrogens is 264 g/mol. The van der Waals surface area contributed by atoms with Gasteiger partial charge in [0, 0.05) is 16.7 Å². The van der Waals surface area contributed by atoms with E-state index >= 15 is 0 Å². The molecular formula is C18H16O3. The SMILES string of the molecule is C=C(C)C(=O)OCc1cccc(C(=O)c2ccccc2)c1. The minimum absolute atomic E-state index is 0.0522. The van der Waals surface area contributed by atoms with Crippen LogP contribution in [0.5, 0.6) is 0 Å². The molecule has 0 aromatic heterocycles. The molecule has 2 aromatic rings. The Balaban J connectivity index is 2.13. The number of ether oxygens (including phenoxy) is 1. The van der Waals surface area contributed by atoms with Gasteiger partial charge in [-0.3, -0.25) is 4.79 Å². The Morgan fingerprint density at radius 1 is 1.00 bits per heavy atom. The molecule has 0 spiro atoms. The van der Waals surface area contributed by atoms with E-state index in [0.717, 1.165) is 5.56 Å². The second-order valence-corrected chi connectivity index (χ2v) is 4.75. The molecule has 0 aliphatic carbocycles. The molecule has 0 heterocycles. The van der Waals surface area contributed by atoms with E-state index in [2.05, 4.69) is 6.58 Å². The van der Waals surface area contributed by atoms with Gasteiger partial charge in [0.25, 0.3) is 0 Å². The fourth-order valence-corrected chi connectivity index (χ4v) is 1.83. The number of rotatable bonds is 5. The Hall–Kier alpha value is -2.68. The van der Waals surface area contributed by atoms with Crippen LogP contribution in [-0.4, -0.2) is 11.8 Å². The molecule has 0 atom stereocenters. The highest BCUT2D eigenvalue weighted by molar-refractivity contribution is 6.09. The maximum atomic E-state index is 12.3. The summed E-state index contributed by atoms with van der Waals surface area (Å²) in [4.78, 5) is 23.7. The van der Waals surface area contributed by atoms with Crippen molar-refractivity contribution in [2.75, 3.05) is 0 Å². The van der Waals surface area contributed by atoms with Crippen LogP contribution in [-0.2, 0) is 16.1 Å². The average molecular weight is 280 g/mol. The number of benzene rings is 2. The fraction of sp³-hybridized carbons (Fsp3) is 0.111. The number of ketones is 1. The summed E-state index contributed by atoms with van der Waals surface area (Å²) in [5.41, 5.74) is 2.33. The Morgan fingerprint density at radius 3 is 2.33 bits per heavy atom. The van der Waals surface area contributed by atoms with Crippen LogP contribution in [0.2, 0.25) is 0 Å². The van der Waals surface area contributed by atoms with Gasteiger partial charge < -0.3 is 4.74 Å². The van der Waals surface area contributed by atoms with E-state index in [0.29, 0.717) is 16.7 Å². The smallest absolute Gasteiger partial charge is 0.333 e. The molecule has 0 saturated carbocycles.